The summed E-state index contributed by atoms with van der Waals surface area (Å²) in [6.07, 6.45) is 3.41. The van der Waals surface area contributed by atoms with Crippen LogP contribution in [0.3, 0.4) is 0 Å². The average molecular weight is 537 g/mol. The van der Waals surface area contributed by atoms with E-state index >= 15 is 0 Å². The molecule has 6 aliphatic rings. The van der Waals surface area contributed by atoms with E-state index in [2.05, 4.69) is 13.8 Å². The van der Waals surface area contributed by atoms with E-state index in [1.54, 1.807) is 6.08 Å². The lowest BCUT2D eigenvalue weighted by molar-refractivity contribution is -0.317. The first-order valence-electron chi connectivity index (χ1n) is 14.6. The van der Waals surface area contributed by atoms with Gasteiger partial charge in [-0.1, -0.05) is 13.8 Å². The van der Waals surface area contributed by atoms with Crippen molar-refractivity contribution in [3.63, 3.8) is 0 Å². The Morgan fingerprint density at radius 3 is 2.47 bits per heavy atom. The predicted octanol–water partition coefficient (Wildman–Crippen LogP) is 1.43. The van der Waals surface area contributed by atoms with Gasteiger partial charge in [0.15, 0.2) is 6.29 Å². The van der Waals surface area contributed by atoms with Crippen LogP contribution in [-0.2, 0) is 19.0 Å². The van der Waals surface area contributed by atoms with Crippen LogP contribution < -0.4 is 0 Å². The predicted molar refractivity (Wildman–Crippen MR) is 134 cm³/mol. The summed E-state index contributed by atoms with van der Waals surface area (Å²) in [6.45, 7) is 4.52. The van der Waals surface area contributed by atoms with Crippen molar-refractivity contribution in [3.05, 3.63) is 11.6 Å². The van der Waals surface area contributed by atoms with Crippen LogP contribution >= 0.6 is 0 Å². The number of hydrogen-bond acceptors (Lipinski definition) is 9. The minimum atomic E-state index is -1.44. The van der Waals surface area contributed by atoms with Crippen molar-refractivity contribution in [3.8, 4) is 0 Å². The van der Waals surface area contributed by atoms with E-state index in [1.807, 2.05) is 0 Å². The van der Waals surface area contributed by atoms with Gasteiger partial charge in [-0.05, 0) is 92.4 Å². The van der Waals surface area contributed by atoms with E-state index < -0.39 is 42.9 Å². The molecule has 38 heavy (non-hydrogen) atoms. The van der Waals surface area contributed by atoms with Crippen LogP contribution in [0.15, 0.2) is 11.6 Å². The van der Waals surface area contributed by atoms with Crippen molar-refractivity contribution in [2.24, 2.45) is 34.5 Å². The van der Waals surface area contributed by atoms with Crippen molar-refractivity contribution in [1.29, 1.82) is 0 Å². The monoisotopic (exact) mass is 536 g/mol. The zero-order chi connectivity index (χ0) is 27.0. The Morgan fingerprint density at radius 2 is 1.76 bits per heavy atom. The average Bonchev–Trinajstić information content (AvgIpc) is 3.44. The number of cyclic esters (lactones) is 1. The second kappa shape index (κ2) is 9.50. The molecule has 0 amide bonds. The van der Waals surface area contributed by atoms with Gasteiger partial charge in [-0.25, -0.2) is 4.79 Å². The molecule has 5 N–H and O–H groups in total. The summed E-state index contributed by atoms with van der Waals surface area (Å²) in [6, 6.07) is 0. The Labute approximate surface area is 224 Å². The molecule has 0 aromatic heterocycles. The van der Waals surface area contributed by atoms with Crippen LogP contribution in [0, 0.1) is 34.5 Å². The summed E-state index contributed by atoms with van der Waals surface area (Å²) in [4.78, 5) is 11.8. The van der Waals surface area contributed by atoms with Crippen molar-refractivity contribution >= 4 is 5.97 Å². The lowest BCUT2D eigenvalue weighted by Gasteiger charge is -2.64. The highest BCUT2D eigenvalue weighted by Crippen LogP contribution is 2.70. The third-order valence-electron chi connectivity index (χ3n) is 12.1. The molecular weight excluding hydrogens is 492 g/mol. The highest BCUT2D eigenvalue weighted by Gasteiger charge is 2.67. The van der Waals surface area contributed by atoms with Crippen LogP contribution in [-0.4, -0.2) is 87.1 Å². The Morgan fingerprint density at radius 1 is 0.974 bits per heavy atom. The fourth-order valence-corrected chi connectivity index (χ4v) is 9.86. The highest BCUT2D eigenvalue weighted by molar-refractivity contribution is 5.85. The molecule has 13 atom stereocenters. The molecule has 0 bridgehead atoms. The Hall–Kier alpha value is -1.07. The lowest BCUT2D eigenvalue weighted by Crippen LogP contribution is -2.63. The molecule has 9 nitrogen and oxygen atoms in total. The fraction of sp³-hybridized carbons (Fsp3) is 0.897. The van der Waals surface area contributed by atoms with E-state index in [1.165, 1.54) is 0 Å². The van der Waals surface area contributed by atoms with Crippen molar-refractivity contribution in [1.82, 2.24) is 0 Å². The summed E-state index contributed by atoms with van der Waals surface area (Å²) >= 11 is 0. The van der Waals surface area contributed by atoms with E-state index in [0.717, 1.165) is 63.4 Å². The van der Waals surface area contributed by atoms with Gasteiger partial charge in [0.25, 0.3) is 0 Å². The Balaban J connectivity index is 1.15. The first-order chi connectivity index (χ1) is 18.0. The molecule has 0 unspecified atom stereocenters. The Bertz CT molecular complexity index is 968. The van der Waals surface area contributed by atoms with Crippen LogP contribution in [0.2, 0.25) is 0 Å². The molecule has 5 fully saturated rings. The van der Waals surface area contributed by atoms with Crippen molar-refractivity contribution < 1.29 is 44.5 Å². The topological polar surface area (TPSA) is 146 Å². The quantitative estimate of drug-likeness (QED) is 0.266. The molecule has 0 radical (unpaired) electrons. The molecule has 2 heterocycles. The number of hydrogen-bond donors (Lipinski definition) is 5. The van der Waals surface area contributed by atoms with E-state index in [4.69, 9.17) is 14.2 Å². The summed E-state index contributed by atoms with van der Waals surface area (Å²) < 4.78 is 17.0. The molecule has 1 saturated heterocycles. The van der Waals surface area contributed by atoms with Gasteiger partial charge in [-0.15, -0.1) is 0 Å². The molecule has 4 saturated carbocycles. The summed E-state index contributed by atoms with van der Waals surface area (Å²) in [5.74, 6) is 0.994. The van der Waals surface area contributed by atoms with Crippen LogP contribution in [0.1, 0.15) is 71.6 Å². The minimum absolute atomic E-state index is 0.0823. The molecule has 9 heteroatoms. The standard InChI is InChI=1S/C29H44O9/c1-27-8-5-17(37-26-25(34)24(33)23(32)21(13-30)38-26)12-16(27)3-4-20-19(27)6-9-28(2)18(7-10-29(20,28)35)15-11-22(31)36-14-15/h11,16-21,23-26,30,32-35H,3-10,12-14H2,1-2H3/t16-,17+,18-,19-,20+,21-,23-,24+,25-,26-,27+,28-,29+/m1/s1. The van der Waals surface area contributed by atoms with E-state index in [9.17, 15) is 30.3 Å². The van der Waals surface area contributed by atoms with Gasteiger partial charge in [0.05, 0.1) is 18.3 Å². The molecule has 6 rings (SSSR count). The molecule has 0 aromatic carbocycles. The summed E-state index contributed by atoms with van der Waals surface area (Å²) in [5.41, 5.74) is 0.141. The van der Waals surface area contributed by atoms with Crippen molar-refractivity contribution in [2.75, 3.05) is 13.2 Å². The molecule has 2 aliphatic heterocycles. The lowest BCUT2D eigenvalue weighted by atomic mass is 9.43. The number of esters is 1. The molecule has 0 aromatic rings. The number of aliphatic hydroxyl groups excluding tert-OH is 4. The smallest absolute Gasteiger partial charge is 0.331 e. The van der Waals surface area contributed by atoms with Gasteiger partial charge in [-0.3, -0.25) is 0 Å². The number of rotatable bonds is 4. The number of carbonyl (C=O) groups is 1. The first kappa shape index (κ1) is 27.1. The highest BCUT2D eigenvalue weighted by atomic mass is 16.7. The zero-order valence-corrected chi connectivity index (χ0v) is 22.5. The maximum absolute atomic E-state index is 12.4. The maximum Gasteiger partial charge on any atom is 0.331 e. The van der Waals surface area contributed by atoms with Gasteiger partial charge in [0, 0.05) is 11.5 Å². The largest absolute Gasteiger partial charge is 0.458 e. The number of fused-ring (bicyclic) bond motifs is 5. The number of ether oxygens (including phenoxy) is 3. The summed E-state index contributed by atoms with van der Waals surface area (Å²) in [5, 5.41) is 52.6. The normalized spacial score (nSPS) is 54.5. The van der Waals surface area contributed by atoms with Crippen LogP contribution in [0.4, 0.5) is 0 Å². The van der Waals surface area contributed by atoms with Gasteiger partial charge >= 0.3 is 5.97 Å². The number of carbonyl (C=O) groups excluding carboxylic acids is 1. The van der Waals surface area contributed by atoms with Gasteiger partial charge in [0.1, 0.15) is 31.0 Å². The molecule has 214 valence electrons. The Kier molecular flexibility index (Phi) is 6.78. The summed E-state index contributed by atoms with van der Waals surface area (Å²) in [7, 11) is 0. The first-order valence-corrected chi connectivity index (χ1v) is 14.6. The number of aliphatic hydroxyl groups is 5. The zero-order valence-electron chi connectivity index (χ0n) is 22.5. The minimum Gasteiger partial charge on any atom is -0.458 e. The molecule has 0 spiro atoms. The fourth-order valence-electron chi connectivity index (χ4n) is 9.86. The second-order valence-electron chi connectivity index (χ2n) is 13.5. The third kappa shape index (κ3) is 3.87. The second-order valence-corrected chi connectivity index (χ2v) is 13.5. The SMILES string of the molecule is C[C@]12CC[C@H](O[C@@H]3O[C@H](CO)[C@@H](O)[C@H](O)[C@H]3O)C[C@H]1CC[C@H]1[C@H]2CC[C@]2(C)[C@@H](C3=CC(=O)OC3)CC[C@]12O. The van der Waals surface area contributed by atoms with Crippen LogP contribution in [0.25, 0.3) is 0 Å². The van der Waals surface area contributed by atoms with Gasteiger partial charge in [0.2, 0.25) is 0 Å². The van der Waals surface area contributed by atoms with Crippen molar-refractivity contribution in [2.45, 2.75) is 114 Å². The third-order valence-corrected chi connectivity index (χ3v) is 12.1. The van der Waals surface area contributed by atoms with Gasteiger partial charge in [-0.2, -0.15) is 0 Å². The molecular formula is C29H44O9. The maximum atomic E-state index is 12.4. The van der Waals surface area contributed by atoms with E-state index in [-0.39, 0.29) is 34.7 Å². The molecule has 4 aliphatic carbocycles. The van der Waals surface area contributed by atoms with Crippen LogP contribution in [0.5, 0.6) is 0 Å². The van der Waals surface area contributed by atoms with Gasteiger partial charge < -0.3 is 39.7 Å². The van der Waals surface area contributed by atoms with E-state index in [0.29, 0.717) is 18.4 Å².